The summed E-state index contributed by atoms with van der Waals surface area (Å²) in [5, 5.41) is 13.7. The van der Waals surface area contributed by atoms with Crippen LogP contribution in [0.4, 0.5) is 5.13 Å². The zero-order chi connectivity index (χ0) is 13.7. The maximum Gasteiger partial charge on any atom is 0.312 e. The summed E-state index contributed by atoms with van der Waals surface area (Å²) < 4.78 is 0. The number of carbonyl (C=O) groups is 1. The number of thiazole rings is 1. The Kier molecular flexibility index (Phi) is 2.96. The van der Waals surface area contributed by atoms with Gasteiger partial charge >= 0.3 is 5.97 Å². The van der Waals surface area contributed by atoms with E-state index in [1.165, 1.54) is 30.8 Å². The Balaban J connectivity index is 1.51. The van der Waals surface area contributed by atoms with Crippen molar-refractivity contribution in [1.29, 1.82) is 0 Å². The van der Waals surface area contributed by atoms with E-state index >= 15 is 0 Å². The van der Waals surface area contributed by atoms with Gasteiger partial charge in [-0.2, -0.15) is 0 Å². The third-order valence-electron chi connectivity index (χ3n) is 4.98. The third kappa shape index (κ3) is 2.02. The number of anilines is 1. The first-order valence-electron chi connectivity index (χ1n) is 7.42. The predicted molar refractivity (Wildman–Crippen MR) is 77.4 cm³/mol. The minimum absolute atomic E-state index is 0.386. The van der Waals surface area contributed by atoms with Crippen LogP contribution >= 0.6 is 11.3 Å². The van der Waals surface area contributed by atoms with Gasteiger partial charge in [0.15, 0.2) is 5.13 Å². The summed E-state index contributed by atoms with van der Waals surface area (Å²) in [4.78, 5) is 19.5. The highest BCUT2D eigenvalue weighted by Crippen LogP contribution is 2.39. The van der Waals surface area contributed by atoms with E-state index in [0.29, 0.717) is 12.5 Å². The summed E-state index contributed by atoms with van der Waals surface area (Å²) in [6, 6.07) is 0.493. The van der Waals surface area contributed by atoms with Crippen LogP contribution in [-0.2, 0) is 11.2 Å². The van der Waals surface area contributed by atoms with Gasteiger partial charge in [0.2, 0.25) is 0 Å². The Morgan fingerprint density at radius 3 is 2.80 bits per heavy atom. The van der Waals surface area contributed by atoms with Crippen molar-refractivity contribution in [2.24, 2.45) is 5.92 Å². The van der Waals surface area contributed by atoms with E-state index in [4.69, 9.17) is 0 Å². The molecular weight excluding hydrogens is 274 g/mol. The molecule has 3 aliphatic heterocycles. The SMILES string of the molecule is O=C(O)C1CCc2sc(NC3CN4CCC3CC4)nc21. The molecule has 5 nitrogen and oxygen atoms in total. The van der Waals surface area contributed by atoms with Gasteiger partial charge in [0.1, 0.15) is 5.92 Å². The number of fused-ring (bicyclic) bond motifs is 4. The van der Waals surface area contributed by atoms with Crippen LogP contribution in [0.25, 0.3) is 0 Å². The molecule has 3 fully saturated rings. The quantitative estimate of drug-likeness (QED) is 0.889. The molecule has 0 radical (unpaired) electrons. The summed E-state index contributed by atoms with van der Waals surface area (Å²) >= 11 is 1.66. The van der Waals surface area contributed by atoms with Crippen molar-refractivity contribution in [3.05, 3.63) is 10.6 Å². The molecule has 0 saturated carbocycles. The maximum absolute atomic E-state index is 11.2. The second kappa shape index (κ2) is 4.70. The van der Waals surface area contributed by atoms with Crippen molar-refractivity contribution in [2.75, 3.05) is 25.0 Å². The first-order valence-corrected chi connectivity index (χ1v) is 8.23. The molecule has 5 rings (SSSR count). The molecule has 2 N–H and O–H groups in total. The van der Waals surface area contributed by atoms with Crippen LogP contribution in [0.5, 0.6) is 0 Å². The number of aryl methyl sites for hydroxylation is 1. The fraction of sp³-hybridized carbons (Fsp3) is 0.714. The summed E-state index contributed by atoms with van der Waals surface area (Å²) in [6.45, 7) is 3.58. The average Bonchev–Trinajstić information content (AvgIpc) is 2.99. The lowest BCUT2D eigenvalue weighted by atomic mass is 9.84. The van der Waals surface area contributed by atoms with E-state index in [1.54, 1.807) is 11.3 Å². The van der Waals surface area contributed by atoms with Gasteiger partial charge in [0.05, 0.1) is 5.69 Å². The Morgan fingerprint density at radius 1 is 1.35 bits per heavy atom. The number of carboxylic acid groups (broad SMARTS) is 1. The zero-order valence-corrected chi connectivity index (χ0v) is 12.2. The number of hydrogen-bond acceptors (Lipinski definition) is 5. The Morgan fingerprint density at radius 2 is 2.15 bits per heavy atom. The number of carboxylic acids is 1. The maximum atomic E-state index is 11.2. The fourth-order valence-electron chi connectivity index (χ4n) is 3.82. The van der Waals surface area contributed by atoms with Crippen molar-refractivity contribution in [1.82, 2.24) is 9.88 Å². The second-order valence-electron chi connectivity index (χ2n) is 6.15. The fourth-order valence-corrected chi connectivity index (χ4v) is 4.92. The van der Waals surface area contributed by atoms with Gasteiger partial charge in [-0.05, 0) is 44.7 Å². The number of aromatic nitrogens is 1. The molecule has 1 aromatic heterocycles. The normalized spacial score (nSPS) is 35.0. The monoisotopic (exact) mass is 293 g/mol. The number of nitrogens with one attached hydrogen (secondary N) is 1. The van der Waals surface area contributed by atoms with Crippen LogP contribution in [-0.4, -0.2) is 46.6 Å². The highest BCUT2D eigenvalue weighted by Gasteiger charge is 2.36. The largest absolute Gasteiger partial charge is 0.481 e. The van der Waals surface area contributed by atoms with Crippen molar-refractivity contribution in [3.63, 3.8) is 0 Å². The first kappa shape index (κ1) is 12.6. The van der Waals surface area contributed by atoms with Gasteiger partial charge in [0, 0.05) is 17.5 Å². The minimum Gasteiger partial charge on any atom is -0.481 e. The highest BCUT2D eigenvalue weighted by molar-refractivity contribution is 7.15. The number of nitrogens with zero attached hydrogens (tertiary/aromatic N) is 2. The molecular formula is C14H19N3O2S. The summed E-state index contributed by atoms with van der Waals surface area (Å²) in [5.74, 6) is -0.360. The molecule has 0 spiro atoms. The number of hydrogen-bond donors (Lipinski definition) is 2. The lowest BCUT2D eigenvalue weighted by Gasteiger charge is -2.44. The van der Waals surface area contributed by atoms with Crippen LogP contribution < -0.4 is 5.32 Å². The lowest BCUT2D eigenvalue weighted by Crippen LogP contribution is -2.53. The van der Waals surface area contributed by atoms with E-state index in [1.807, 2.05) is 0 Å². The van der Waals surface area contributed by atoms with E-state index in [0.717, 1.165) is 29.7 Å². The Bertz CT molecular complexity index is 537. The average molecular weight is 293 g/mol. The van der Waals surface area contributed by atoms with Gasteiger partial charge < -0.3 is 15.3 Å². The standard InChI is InChI=1S/C14H19N3O2S/c18-13(19)9-1-2-11-12(9)16-14(20-11)15-10-7-17-5-3-8(10)4-6-17/h8-10H,1-7H2,(H,15,16)(H,18,19). The molecule has 2 bridgehead atoms. The van der Waals surface area contributed by atoms with Gasteiger partial charge in [-0.15, -0.1) is 11.3 Å². The smallest absolute Gasteiger partial charge is 0.312 e. The van der Waals surface area contributed by atoms with Crippen LogP contribution in [0.2, 0.25) is 0 Å². The molecule has 20 heavy (non-hydrogen) atoms. The van der Waals surface area contributed by atoms with E-state index < -0.39 is 5.97 Å². The highest BCUT2D eigenvalue weighted by atomic mass is 32.1. The van der Waals surface area contributed by atoms with E-state index in [9.17, 15) is 9.90 Å². The van der Waals surface area contributed by atoms with Crippen LogP contribution in [0.15, 0.2) is 0 Å². The van der Waals surface area contributed by atoms with Gasteiger partial charge in [0.25, 0.3) is 0 Å². The molecule has 6 heteroatoms. The second-order valence-corrected chi connectivity index (χ2v) is 7.23. The number of piperidine rings is 3. The first-order chi connectivity index (χ1) is 9.70. The Labute approximate surface area is 122 Å². The molecule has 4 aliphatic rings. The van der Waals surface area contributed by atoms with Crippen LogP contribution in [0.1, 0.15) is 35.8 Å². The summed E-state index contributed by atoms with van der Waals surface area (Å²) in [7, 11) is 0. The molecule has 2 unspecified atom stereocenters. The van der Waals surface area contributed by atoms with Crippen molar-refractivity contribution in [3.8, 4) is 0 Å². The van der Waals surface area contributed by atoms with Gasteiger partial charge in [-0.3, -0.25) is 4.79 Å². The molecule has 2 atom stereocenters. The zero-order valence-electron chi connectivity index (χ0n) is 11.3. The molecule has 108 valence electrons. The number of rotatable bonds is 3. The van der Waals surface area contributed by atoms with Gasteiger partial charge in [-0.1, -0.05) is 0 Å². The van der Waals surface area contributed by atoms with Crippen LogP contribution in [0, 0.1) is 5.92 Å². The van der Waals surface area contributed by atoms with Gasteiger partial charge in [-0.25, -0.2) is 4.98 Å². The van der Waals surface area contributed by atoms with Crippen molar-refractivity contribution >= 4 is 22.4 Å². The van der Waals surface area contributed by atoms with E-state index in [-0.39, 0.29) is 5.92 Å². The summed E-state index contributed by atoms with van der Waals surface area (Å²) in [5.41, 5.74) is 0.811. The van der Waals surface area contributed by atoms with E-state index in [2.05, 4.69) is 15.2 Å². The van der Waals surface area contributed by atoms with Crippen molar-refractivity contribution in [2.45, 2.75) is 37.6 Å². The number of aliphatic carboxylic acids is 1. The Hall–Kier alpha value is -1.14. The molecule has 1 aliphatic carbocycles. The molecule has 4 heterocycles. The molecule has 3 saturated heterocycles. The van der Waals surface area contributed by atoms with Crippen LogP contribution in [0.3, 0.4) is 0 Å². The summed E-state index contributed by atoms with van der Waals surface area (Å²) in [6.07, 6.45) is 4.14. The predicted octanol–water partition coefficient (Wildman–Crippen LogP) is 1.76. The minimum atomic E-state index is -0.733. The molecule has 0 aromatic carbocycles. The molecule has 0 amide bonds. The van der Waals surface area contributed by atoms with Crippen molar-refractivity contribution < 1.29 is 9.90 Å². The topological polar surface area (TPSA) is 65.5 Å². The molecule has 1 aromatic rings. The lowest BCUT2D eigenvalue weighted by molar-refractivity contribution is -0.138. The third-order valence-corrected chi connectivity index (χ3v) is 6.04.